The molecular formula is C33H54N7O17P3S-4. The normalized spacial score (nSPS) is 20.9. The van der Waals surface area contributed by atoms with Crippen LogP contribution in [-0.4, -0.2) is 103 Å². The van der Waals surface area contributed by atoms with Crippen LogP contribution in [0.25, 0.3) is 11.2 Å². The van der Waals surface area contributed by atoms with Crippen molar-refractivity contribution in [3.63, 3.8) is 0 Å². The number of hydrogen-bond donors (Lipinski definition) is 5. The van der Waals surface area contributed by atoms with Crippen LogP contribution in [-0.2, 0) is 50.7 Å². The molecule has 2 unspecified atom stereocenters. The van der Waals surface area contributed by atoms with Gasteiger partial charge in [0.2, 0.25) is 11.8 Å². The summed E-state index contributed by atoms with van der Waals surface area (Å²) in [7, 11) is -17.6. The second-order valence-corrected chi connectivity index (χ2v) is 20.0. The summed E-state index contributed by atoms with van der Waals surface area (Å²) in [6, 6.07) is 0. The van der Waals surface area contributed by atoms with Gasteiger partial charge in [-0.25, -0.2) is 19.3 Å². The maximum absolute atomic E-state index is 12.6. The van der Waals surface area contributed by atoms with Gasteiger partial charge in [-0.05, 0) is 6.42 Å². The summed E-state index contributed by atoms with van der Waals surface area (Å²) in [5.41, 5.74) is 4.09. The Morgan fingerprint density at radius 2 is 1.59 bits per heavy atom. The number of nitrogens with two attached hydrogens (primary N) is 1. The minimum Gasteiger partial charge on any atom is -0.790 e. The Morgan fingerprint density at radius 1 is 0.951 bits per heavy atom. The molecule has 0 radical (unpaired) electrons. The third-order valence-corrected chi connectivity index (χ3v) is 13.2. The third kappa shape index (κ3) is 18.3. The van der Waals surface area contributed by atoms with E-state index < -0.39 is 84.6 Å². The molecule has 1 fully saturated rings. The summed E-state index contributed by atoms with van der Waals surface area (Å²) < 4.78 is 60.7. The second kappa shape index (κ2) is 24.6. The summed E-state index contributed by atoms with van der Waals surface area (Å²) in [6.07, 6.45) is 3.28. The van der Waals surface area contributed by atoms with E-state index >= 15 is 0 Å². The van der Waals surface area contributed by atoms with Crippen molar-refractivity contribution in [1.29, 1.82) is 0 Å². The molecule has 2 aromatic rings. The highest BCUT2D eigenvalue weighted by atomic mass is 32.2. The van der Waals surface area contributed by atoms with Crippen LogP contribution in [0.5, 0.6) is 0 Å². The predicted octanol–water partition coefficient (Wildman–Crippen LogP) is 0.0576. The maximum Gasteiger partial charge on any atom is 0.274 e. The van der Waals surface area contributed by atoms with Crippen molar-refractivity contribution in [3.05, 3.63) is 12.7 Å². The Labute approximate surface area is 356 Å². The lowest BCUT2D eigenvalue weighted by atomic mass is 9.87. The number of fused-ring (bicyclic) bond motifs is 1. The lowest BCUT2D eigenvalue weighted by molar-refractivity contribution is -0.347. The number of unbranched alkanes of at least 4 members (excludes halogenated alkanes) is 8. The number of nitrogens with one attached hydrogen (secondary N) is 2. The topological polar surface area (TPSA) is 375 Å². The minimum absolute atomic E-state index is 0.0186. The summed E-state index contributed by atoms with van der Waals surface area (Å²) in [5.74, 6) is -1.13. The van der Waals surface area contributed by atoms with E-state index in [1.165, 1.54) is 52.4 Å². The van der Waals surface area contributed by atoms with E-state index in [-0.39, 0.29) is 41.6 Å². The SMILES string of the molecule is CCCCCCCCCCCC(=O)SCCNC(=O)CCNC(=O)[C@H](O)C(C)(C)COP(=O)([O-])OP(=O)([O-])OC[C@H]1O[C@@H](n2cnc3c(N)ncnc32)[C@H](O)[C@@H]1OP(=O)([O-])[O-]. The summed E-state index contributed by atoms with van der Waals surface area (Å²) in [4.78, 5) is 96.5. The van der Waals surface area contributed by atoms with Gasteiger partial charge < -0.3 is 69.0 Å². The van der Waals surface area contributed by atoms with Gasteiger partial charge in [0.25, 0.3) is 15.6 Å². The summed E-state index contributed by atoms with van der Waals surface area (Å²) in [6.45, 7) is 2.36. The molecule has 61 heavy (non-hydrogen) atoms. The third-order valence-electron chi connectivity index (χ3n) is 9.22. The molecule has 24 nitrogen and oxygen atoms in total. The van der Waals surface area contributed by atoms with E-state index in [9.17, 15) is 57.9 Å². The number of aliphatic hydroxyl groups is 2. The fraction of sp³-hybridized carbons (Fsp3) is 0.758. The van der Waals surface area contributed by atoms with Gasteiger partial charge in [0.05, 0.1) is 27.4 Å². The average Bonchev–Trinajstić information content (AvgIpc) is 3.73. The molecule has 1 saturated heterocycles. The molecule has 7 atom stereocenters. The van der Waals surface area contributed by atoms with E-state index in [1.807, 2.05) is 0 Å². The van der Waals surface area contributed by atoms with E-state index in [0.717, 1.165) is 48.2 Å². The number of rotatable bonds is 29. The fourth-order valence-electron chi connectivity index (χ4n) is 5.92. The molecule has 1 aliphatic rings. The number of anilines is 1. The molecule has 1 aliphatic heterocycles. The van der Waals surface area contributed by atoms with Gasteiger partial charge in [-0.3, -0.25) is 28.1 Å². The van der Waals surface area contributed by atoms with Gasteiger partial charge in [-0.15, -0.1) is 0 Å². The number of amides is 2. The standard InChI is InChI=1S/C33H58N7O17P3S/c1-4-5-6-7-8-9-10-11-12-13-24(42)61-17-16-35-23(41)14-15-36-31(45)28(44)33(2,3)19-54-60(51,52)57-59(49,50)53-18-22-27(56-58(46,47)48)26(43)32(55-22)40-21-39-25-29(34)37-20-38-30(25)40/h20-22,26-28,32,43-44H,4-19H2,1-3H3,(H,35,41)(H,36,45)(H,49,50)(H,51,52)(H2,34,37,38)(H2,46,47,48)/p-4/t22-,26-,27-,28+,32-/m1/s1. The van der Waals surface area contributed by atoms with Crippen molar-refractivity contribution in [2.45, 2.75) is 122 Å². The zero-order chi connectivity index (χ0) is 45.4. The van der Waals surface area contributed by atoms with Gasteiger partial charge in [-0.2, -0.15) is 0 Å². The number of carbonyl (C=O) groups excluding carboxylic acids is 3. The number of nitrogen functional groups attached to an aromatic ring is 1. The van der Waals surface area contributed by atoms with Gasteiger partial charge in [0, 0.05) is 37.1 Å². The molecule has 0 aromatic carbocycles. The van der Waals surface area contributed by atoms with Crippen molar-refractivity contribution < 1.29 is 80.5 Å². The minimum atomic E-state index is -5.91. The molecule has 3 heterocycles. The van der Waals surface area contributed by atoms with Crippen molar-refractivity contribution in [2.75, 3.05) is 37.8 Å². The highest BCUT2D eigenvalue weighted by Crippen LogP contribution is 2.56. The fourth-order valence-corrected chi connectivity index (χ4v) is 9.38. The number of imidazole rings is 1. The van der Waals surface area contributed by atoms with Crippen LogP contribution in [0.3, 0.4) is 0 Å². The van der Waals surface area contributed by atoms with Gasteiger partial charge in [-0.1, -0.05) is 83.9 Å². The van der Waals surface area contributed by atoms with E-state index in [2.05, 4.69) is 50.4 Å². The van der Waals surface area contributed by atoms with Crippen LogP contribution in [0.4, 0.5) is 5.82 Å². The van der Waals surface area contributed by atoms with Crippen molar-refractivity contribution in [3.8, 4) is 0 Å². The largest absolute Gasteiger partial charge is 0.790 e. The number of phosphoric ester groups is 3. The molecule has 348 valence electrons. The number of aliphatic hydroxyl groups excluding tert-OH is 2. The van der Waals surface area contributed by atoms with Crippen LogP contribution < -0.4 is 35.9 Å². The molecule has 3 rings (SSSR count). The highest BCUT2D eigenvalue weighted by molar-refractivity contribution is 8.13. The number of nitrogens with zero attached hydrogens (tertiary/aromatic N) is 4. The smallest absolute Gasteiger partial charge is 0.274 e. The van der Waals surface area contributed by atoms with E-state index in [4.69, 9.17) is 10.5 Å². The molecule has 2 amide bonds. The number of carbonyl (C=O) groups is 3. The number of hydrogen-bond acceptors (Lipinski definition) is 22. The van der Waals surface area contributed by atoms with Gasteiger partial charge >= 0.3 is 0 Å². The maximum atomic E-state index is 12.6. The molecule has 28 heteroatoms. The molecule has 0 spiro atoms. The Morgan fingerprint density at radius 3 is 2.25 bits per heavy atom. The predicted molar refractivity (Wildman–Crippen MR) is 210 cm³/mol. The molecule has 2 aromatic heterocycles. The Bertz CT molecular complexity index is 1890. The van der Waals surface area contributed by atoms with Crippen molar-refractivity contribution in [2.24, 2.45) is 5.41 Å². The van der Waals surface area contributed by atoms with E-state index in [0.29, 0.717) is 12.2 Å². The molecule has 0 saturated carbocycles. The second-order valence-electron chi connectivity index (χ2n) is 14.8. The zero-order valence-electron chi connectivity index (χ0n) is 34.0. The molecular weight excluding hydrogens is 891 g/mol. The summed E-state index contributed by atoms with van der Waals surface area (Å²) in [5, 5.41) is 26.4. The van der Waals surface area contributed by atoms with Crippen LogP contribution in [0.1, 0.15) is 97.6 Å². The lowest BCUT2D eigenvalue weighted by Crippen LogP contribution is -2.46. The Hall–Kier alpha value is -2.44. The first kappa shape index (κ1) is 52.9. The number of aromatic nitrogens is 4. The first-order chi connectivity index (χ1) is 28.6. The summed E-state index contributed by atoms with van der Waals surface area (Å²) >= 11 is 1.14. The van der Waals surface area contributed by atoms with Gasteiger partial charge in [0.1, 0.15) is 36.3 Å². The van der Waals surface area contributed by atoms with Crippen LogP contribution >= 0.6 is 35.2 Å². The first-order valence-electron chi connectivity index (χ1n) is 19.5. The quantitative estimate of drug-likeness (QED) is 0.0531. The highest BCUT2D eigenvalue weighted by Gasteiger charge is 2.47. The van der Waals surface area contributed by atoms with Crippen molar-refractivity contribution >= 4 is 69.1 Å². The van der Waals surface area contributed by atoms with Crippen LogP contribution in [0.15, 0.2) is 12.7 Å². The molecule has 6 N–H and O–H groups in total. The van der Waals surface area contributed by atoms with Crippen molar-refractivity contribution in [1.82, 2.24) is 30.2 Å². The number of thioether (sulfide) groups is 1. The lowest BCUT2D eigenvalue weighted by Gasteiger charge is -2.36. The van der Waals surface area contributed by atoms with Crippen LogP contribution in [0, 0.1) is 5.41 Å². The Balaban J connectivity index is 1.38. The zero-order valence-corrected chi connectivity index (χ0v) is 37.5. The van der Waals surface area contributed by atoms with Crippen LogP contribution in [0.2, 0.25) is 0 Å². The number of ether oxygens (including phenoxy) is 1. The average molecular weight is 946 g/mol. The molecule has 0 aliphatic carbocycles. The molecule has 0 bridgehead atoms. The first-order valence-corrected chi connectivity index (χ1v) is 24.9. The van der Waals surface area contributed by atoms with Gasteiger partial charge in [0.15, 0.2) is 22.8 Å². The Kier molecular flexibility index (Phi) is 21.3. The monoisotopic (exact) mass is 945 g/mol. The number of phosphoric acid groups is 3. The van der Waals surface area contributed by atoms with E-state index in [1.54, 1.807) is 0 Å².